The molecule has 0 atom stereocenters. The Labute approximate surface area is 114 Å². The third-order valence-corrected chi connectivity index (χ3v) is 3.27. The summed E-state index contributed by atoms with van der Waals surface area (Å²) >= 11 is 1.60. The summed E-state index contributed by atoms with van der Waals surface area (Å²) < 4.78 is 6.32. The maximum absolute atomic E-state index is 11.6. The van der Waals surface area contributed by atoms with Gasteiger partial charge in [0.05, 0.1) is 6.61 Å². The van der Waals surface area contributed by atoms with Gasteiger partial charge in [-0.2, -0.15) is 11.3 Å². The average Bonchev–Trinajstić information content (AvgIpc) is 2.87. The Morgan fingerprint density at radius 3 is 2.95 bits per heavy atom. The number of ether oxygens (including phenoxy) is 1. The van der Waals surface area contributed by atoms with Gasteiger partial charge in [-0.1, -0.05) is 0 Å². The highest BCUT2D eigenvalue weighted by molar-refractivity contribution is 7.07. The van der Waals surface area contributed by atoms with E-state index >= 15 is 0 Å². The SMILES string of the molecule is Nc1ccc(=O)n(CC(=O)OCCc2ccsc2)c1. The van der Waals surface area contributed by atoms with Crippen LogP contribution in [-0.2, 0) is 22.5 Å². The van der Waals surface area contributed by atoms with Gasteiger partial charge in [0.1, 0.15) is 6.54 Å². The van der Waals surface area contributed by atoms with Gasteiger partial charge in [-0.3, -0.25) is 9.59 Å². The summed E-state index contributed by atoms with van der Waals surface area (Å²) in [6.45, 7) is 0.195. The molecular weight excluding hydrogens is 264 g/mol. The number of nitrogens with zero attached hydrogens (tertiary/aromatic N) is 1. The molecule has 0 amide bonds. The van der Waals surface area contributed by atoms with Crippen LogP contribution in [0.2, 0.25) is 0 Å². The zero-order chi connectivity index (χ0) is 13.7. The molecule has 0 spiro atoms. The van der Waals surface area contributed by atoms with Crippen LogP contribution in [0.1, 0.15) is 5.56 Å². The van der Waals surface area contributed by atoms with Crippen LogP contribution in [0.3, 0.4) is 0 Å². The maximum Gasteiger partial charge on any atom is 0.326 e. The Morgan fingerprint density at radius 1 is 1.37 bits per heavy atom. The molecule has 19 heavy (non-hydrogen) atoms. The van der Waals surface area contributed by atoms with Gasteiger partial charge in [-0.15, -0.1) is 0 Å². The van der Waals surface area contributed by atoms with Crippen molar-refractivity contribution < 1.29 is 9.53 Å². The number of carbonyl (C=O) groups is 1. The van der Waals surface area contributed by atoms with E-state index in [2.05, 4.69) is 0 Å². The zero-order valence-corrected chi connectivity index (χ0v) is 11.1. The fourth-order valence-electron chi connectivity index (χ4n) is 1.58. The highest BCUT2D eigenvalue weighted by atomic mass is 32.1. The number of esters is 1. The smallest absolute Gasteiger partial charge is 0.326 e. The van der Waals surface area contributed by atoms with Crippen molar-refractivity contribution in [2.24, 2.45) is 0 Å². The summed E-state index contributed by atoms with van der Waals surface area (Å²) in [6, 6.07) is 4.82. The zero-order valence-electron chi connectivity index (χ0n) is 10.2. The van der Waals surface area contributed by atoms with Gasteiger partial charge in [0, 0.05) is 24.4 Å². The summed E-state index contributed by atoms with van der Waals surface area (Å²) in [4.78, 5) is 23.1. The lowest BCUT2D eigenvalue weighted by atomic mass is 10.3. The van der Waals surface area contributed by atoms with Gasteiger partial charge >= 0.3 is 5.97 Å². The van der Waals surface area contributed by atoms with E-state index in [1.54, 1.807) is 11.3 Å². The lowest BCUT2D eigenvalue weighted by molar-refractivity contribution is -0.144. The number of hydrogen-bond acceptors (Lipinski definition) is 5. The number of rotatable bonds is 5. The molecule has 0 fully saturated rings. The number of nitrogens with two attached hydrogens (primary N) is 1. The van der Waals surface area contributed by atoms with Gasteiger partial charge < -0.3 is 15.0 Å². The average molecular weight is 278 g/mol. The molecule has 0 saturated carbocycles. The third-order valence-electron chi connectivity index (χ3n) is 2.54. The number of pyridine rings is 1. The number of hydrogen-bond donors (Lipinski definition) is 1. The standard InChI is InChI=1S/C13H14N2O3S/c14-11-1-2-12(16)15(7-11)8-13(17)18-5-3-10-4-6-19-9-10/h1-2,4,6-7,9H,3,5,8,14H2. The maximum atomic E-state index is 11.6. The second kappa shape index (κ2) is 6.19. The van der Waals surface area contributed by atoms with E-state index in [-0.39, 0.29) is 12.1 Å². The Bertz CT molecular complexity index is 605. The highest BCUT2D eigenvalue weighted by Gasteiger charge is 2.06. The fraction of sp³-hybridized carbons (Fsp3) is 0.231. The van der Waals surface area contributed by atoms with Crippen LogP contribution >= 0.6 is 11.3 Å². The van der Waals surface area contributed by atoms with Crippen molar-refractivity contribution >= 4 is 23.0 Å². The van der Waals surface area contributed by atoms with E-state index < -0.39 is 5.97 Å². The lowest BCUT2D eigenvalue weighted by Crippen LogP contribution is -2.25. The van der Waals surface area contributed by atoms with Crippen molar-refractivity contribution in [3.05, 3.63) is 51.1 Å². The van der Waals surface area contributed by atoms with Crippen molar-refractivity contribution in [2.75, 3.05) is 12.3 Å². The van der Waals surface area contributed by atoms with E-state index in [0.717, 1.165) is 5.56 Å². The van der Waals surface area contributed by atoms with Crippen molar-refractivity contribution in [2.45, 2.75) is 13.0 Å². The molecule has 0 bridgehead atoms. The first kappa shape index (κ1) is 13.4. The van der Waals surface area contributed by atoms with Crippen LogP contribution in [0.15, 0.2) is 40.0 Å². The molecule has 5 nitrogen and oxygen atoms in total. The van der Waals surface area contributed by atoms with E-state index in [1.807, 2.05) is 16.8 Å². The van der Waals surface area contributed by atoms with Gasteiger partial charge in [0.2, 0.25) is 0 Å². The molecule has 0 unspecified atom stereocenters. The molecule has 2 N–H and O–H groups in total. The van der Waals surface area contributed by atoms with Crippen LogP contribution in [-0.4, -0.2) is 17.1 Å². The molecule has 0 aliphatic carbocycles. The molecule has 0 aliphatic heterocycles. The van der Waals surface area contributed by atoms with Crippen LogP contribution < -0.4 is 11.3 Å². The lowest BCUT2D eigenvalue weighted by Gasteiger charge is -2.07. The number of carbonyl (C=O) groups excluding carboxylic acids is 1. The van der Waals surface area contributed by atoms with Crippen LogP contribution in [0.4, 0.5) is 5.69 Å². The van der Waals surface area contributed by atoms with Crippen LogP contribution in [0, 0.1) is 0 Å². The molecule has 0 aromatic carbocycles. The summed E-state index contributed by atoms with van der Waals surface area (Å²) in [5, 5.41) is 3.99. The Morgan fingerprint density at radius 2 is 2.21 bits per heavy atom. The first-order chi connectivity index (χ1) is 9.15. The molecule has 2 aromatic rings. The van der Waals surface area contributed by atoms with Gasteiger partial charge in [-0.05, 0) is 28.5 Å². The topological polar surface area (TPSA) is 74.3 Å². The fourth-order valence-corrected chi connectivity index (χ4v) is 2.28. The summed E-state index contributed by atoms with van der Waals surface area (Å²) in [6.07, 6.45) is 2.11. The molecule has 0 aliphatic rings. The molecule has 0 radical (unpaired) electrons. The van der Waals surface area contributed by atoms with Crippen LogP contribution in [0.5, 0.6) is 0 Å². The van der Waals surface area contributed by atoms with Gasteiger partial charge in [-0.25, -0.2) is 0 Å². The van der Waals surface area contributed by atoms with Crippen molar-refractivity contribution in [1.29, 1.82) is 0 Å². The van der Waals surface area contributed by atoms with Gasteiger partial charge in [0.15, 0.2) is 0 Å². The van der Waals surface area contributed by atoms with E-state index in [9.17, 15) is 9.59 Å². The Kier molecular flexibility index (Phi) is 4.35. The summed E-state index contributed by atoms with van der Waals surface area (Å²) in [7, 11) is 0. The minimum atomic E-state index is -0.442. The summed E-state index contributed by atoms with van der Waals surface area (Å²) in [5.41, 5.74) is 6.86. The summed E-state index contributed by atoms with van der Waals surface area (Å²) in [5.74, 6) is -0.442. The third kappa shape index (κ3) is 3.96. The molecule has 6 heteroatoms. The van der Waals surface area contributed by atoms with Crippen molar-refractivity contribution in [1.82, 2.24) is 4.57 Å². The monoisotopic (exact) mass is 278 g/mol. The Balaban J connectivity index is 1.84. The number of nitrogen functional groups attached to an aromatic ring is 1. The van der Waals surface area contributed by atoms with Crippen LogP contribution in [0.25, 0.3) is 0 Å². The highest BCUT2D eigenvalue weighted by Crippen LogP contribution is 2.06. The number of thiophene rings is 1. The molecule has 2 heterocycles. The van der Waals surface area contributed by atoms with E-state index in [4.69, 9.17) is 10.5 Å². The van der Waals surface area contributed by atoms with Crippen molar-refractivity contribution in [3.63, 3.8) is 0 Å². The van der Waals surface area contributed by atoms with E-state index in [0.29, 0.717) is 18.7 Å². The van der Waals surface area contributed by atoms with E-state index in [1.165, 1.54) is 22.9 Å². The van der Waals surface area contributed by atoms with Crippen molar-refractivity contribution in [3.8, 4) is 0 Å². The minimum absolute atomic E-state index is 0.118. The first-order valence-corrected chi connectivity index (χ1v) is 6.72. The molecule has 2 aromatic heterocycles. The predicted octanol–water partition coefficient (Wildman–Crippen LogP) is 1.28. The minimum Gasteiger partial charge on any atom is -0.464 e. The molecule has 0 saturated heterocycles. The number of anilines is 1. The van der Waals surface area contributed by atoms with Gasteiger partial charge in [0.25, 0.3) is 5.56 Å². The second-order valence-electron chi connectivity index (χ2n) is 4.03. The predicted molar refractivity (Wildman–Crippen MR) is 74.1 cm³/mol. The normalized spacial score (nSPS) is 10.3. The quantitative estimate of drug-likeness (QED) is 0.836. The molecular formula is C13H14N2O3S. The molecule has 2 rings (SSSR count). The number of aromatic nitrogens is 1. The first-order valence-electron chi connectivity index (χ1n) is 5.78. The second-order valence-corrected chi connectivity index (χ2v) is 4.81. The molecule has 100 valence electrons. The largest absolute Gasteiger partial charge is 0.464 e. The Hall–Kier alpha value is -2.08.